The summed E-state index contributed by atoms with van der Waals surface area (Å²) in [7, 11) is 0. The SMILES string of the molecule is CC(C)(C)Oc1cc(CC(C)(C)OC(N)=O)c([N+](=O)[O-])cc1I. The lowest BCUT2D eigenvalue weighted by atomic mass is 9.96. The van der Waals surface area contributed by atoms with Crippen LogP contribution < -0.4 is 10.5 Å². The van der Waals surface area contributed by atoms with Crippen LogP contribution in [0.25, 0.3) is 0 Å². The third-order valence-corrected chi connectivity index (χ3v) is 3.58. The van der Waals surface area contributed by atoms with Crippen LogP contribution in [0.1, 0.15) is 40.2 Å². The number of ether oxygens (including phenoxy) is 2. The van der Waals surface area contributed by atoms with E-state index >= 15 is 0 Å². The number of carbonyl (C=O) groups excluding carboxylic acids is 1. The van der Waals surface area contributed by atoms with E-state index in [4.69, 9.17) is 15.2 Å². The molecule has 0 aliphatic heterocycles. The number of benzene rings is 1. The Kier molecular flexibility index (Phi) is 5.84. The van der Waals surface area contributed by atoms with Crippen LogP contribution in [0.15, 0.2) is 12.1 Å². The lowest BCUT2D eigenvalue weighted by molar-refractivity contribution is -0.385. The Morgan fingerprint density at radius 1 is 1.30 bits per heavy atom. The van der Waals surface area contributed by atoms with Crippen LogP contribution >= 0.6 is 22.6 Å². The molecular formula is C15H21IN2O5. The highest BCUT2D eigenvalue weighted by Gasteiger charge is 2.28. The Bertz CT molecular complexity index is 623. The van der Waals surface area contributed by atoms with Crippen molar-refractivity contribution in [1.29, 1.82) is 0 Å². The summed E-state index contributed by atoms with van der Waals surface area (Å²) in [5, 5.41) is 11.3. The van der Waals surface area contributed by atoms with Gasteiger partial charge in [-0.15, -0.1) is 0 Å². The second kappa shape index (κ2) is 6.90. The molecule has 0 bridgehead atoms. The van der Waals surface area contributed by atoms with Gasteiger partial charge in [0.2, 0.25) is 0 Å². The molecule has 23 heavy (non-hydrogen) atoms. The smallest absolute Gasteiger partial charge is 0.405 e. The zero-order valence-corrected chi connectivity index (χ0v) is 16.0. The molecule has 7 nitrogen and oxygen atoms in total. The van der Waals surface area contributed by atoms with Crippen molar-refractivity contribution in [3.63, 3.8) is 0 Å². The molecule has 0 saturated heterocycles. The topological polar surface area (TPSA) is 105 Å². The third-order valence-electron chi connectivity index (χ3n) is 2.74. The number of halogens is 1. The minimum atomic E-state index is -0.970. The van der Waals surface area contributed by atoms with E-state index in [1.54, 1.807) is 19.9 Å². The summed E-state index contributed by atoms with van der Waals surface area (Å²) >= 11 is 2.00. The first-order valence-electron chi connectivity index (χ1n) is 6.95. The highest BCUT2D eigenvalue weighted by Crippen LogP contribution is 2.34. The number of hydrogen-bond acceptors (Lipinski definition) is 5. The van der Waals surface area contributed by atoms with Crippen molar-refractivity contribution in [3.8, 4) is 5.75 Å². The maximum Gasteiger partial charge on any atom is 0.405 e. The van der Waals surface area contributed by atoms with E-state index in [-0.39, 0.29) is 12.1 Å². The number of amides is 1. The summed E-state index contributed by atoms with van der Waals surface area (Å²) < 4.78 is 11.5. The van der Waals surface area contributed by atoms with Gasteiger partial charge >= 0.3 is 6.09 Å². The summed E-state index contributed by atoms with van der Waals surface area (Å²) in [5.41, 5.74) is 4.01. The van der Waals surface area contributed by atoms with Gasteiger partial charge in [-0.1, -0.05) is 0 Å². The van der Waals surface area contributed by atoms with Gasteiger partial charge in [-0.2, -0.15) is 0 Å². The zero-order chi connectivity index (χ0) is 18.0. The molecule has 1 aromatic carbocycles. The Hall–Kier alpha value is -1.58. The second-order valence-corrected chi connectivity index (χ2v) is 7.90. The average molecular weight is 436 g/mol. The number of carbonyl (C=O) groups is 1. The Balaban J connectivity index is 3.29. The summed E-state index contributed by atoms with van der Waals surface area (Å²) in [4.78, 5) is 21.8. The highest BCUT2D eigenvalue weighted by atomic mass is 127. The van der Waals surface area contributed by atoms with Crippen molar-refractivity contribution < 1.29 is 19.2 Å². The lowest BCUT2D eigenvalue weighted by Gasteiger charge is -2.25. The Morgan fingerprint density at radius 3 is 2.30 bits per heavy atom. The first kappa shape index (κ1) is 19.5. The monoisotopic (exact) mass is 436 g/mol. The van der Waals surface area contributed by atoms with E-state index in [0.717, 1.165) is 0 Å². The number of rotatable bonds is 5. The Labute approximate surface area is 148 Å². The number of primary amides is 1. The fourth-order valence-corrected chi connectivity index (χ4v) is 2.63. The van der Waals surface area contributed by atoms with Crippen molar-refractivity contribution in [2.24, 2.45) is 5.73 Å². The van der Waals surface area contributed by atoms with Crippen molar-refractivity contribution in [1.82, 2.24) is 0 Å². The summed E-state index contributed by atoms with van der Waals surface area (Å²) in [6, 6.07) is 3.08. The number of hydrogen-bond donors (Lipinski definition) is 1. The molecule has 0 saturated carbocycles. The molecule has 0 fully saturated rings. The van der Waals surface area contributed by atoms with Gasteiger partial charge in [0.1, 0.15) is 17.0 Å². The number of nitrogens with two attached hydrogens (primary N) is 1. The van der Waals surface area contributed by atoms with Crippen LogP contribution in [0.4, 0.5) is 10.5 Å². The van der Waals surface area contributed by atoms with Gasteiger partial charge in [0.05, 0.1) is 8.49 Å². The molecule has 128 valence electrons. The maximum atomic E-state index is 11.3. The van der Waals surface area contributed by atoms with Crippen LogP contribution in [0.3, 0.4) is 0 Å². The maximum absolute atomic E-state index is 11.3. The molecule has 0 aliphatic carbocycles. The summed E-state index contributed by atoms with van der Waals surface area (Å²) in [6.07, 6.45) is -0.779. The van der Waals surface area contributed by atoms with Gasteiger partial charge in [-0.25, -0.2) is 4.79 Å². The van der Waals surface area contributed by atoms with E-state index in [1.807, 2.05) is 43.4 Å². The largest absolute Gasteiger partial charge is 0.487 e. The number of nitro groups is 1. The van der Waals surface area contributed by atoms with Crippen molar-refractivity contribution in [2.45, 2.75) is 52.2 Å². The highest BCUT2D eigenvalue weighted by molar-refractivity contribution is 14.1. The standard InChI is InChI=1S/C15H21IN2O5/c1-14(2,3)22-12-6-9(8-15(4,5)23-13(17)19)11(18(20)21)7-10(12)16/h6-7H,8H2,1-5H3,(H2,17,19). The van der Waals surface area contributed by atoms with E-state index in [9.17, 15) is 14.9 Å². The molecule has 1 amide bonds. The van der Waals surface area contributed by atoms with Crippen molar-refractivity contribution >= 4 is 34.4 Å². The molecule has 0 unspecified atom stereocenters. The van der Waals surface area contributed by atoms with E-state index in [1.165, 1.54) is 6.07 Å². The third kappa shape index (κ3) is 6.20. The minimum Gasteiger partial charge on any atom is -0.487 e. The molecule has 0 radical (unpaired) electrons. The van der Waals surface area contributed by atoms with Gasteiger partial charge in [0.15, 0.2) is 0 Å². The fraction of sp³-hybridized carbons (Fsp3) is 0.533. The van der Waals surface area contributed by atoms with Crippen LogP contribution in [0, 0.1) is 13.7 Å². The van der Waals surface area contributed by atoms with Crippen LogP contribution in [0.2, 0.25) is 0 Å². The normalized spacial score (nSPS) is 11.9. The second-order valence-electron chi connectivity index (χ2n) is 6.74. The molecular weight excluding hydrogens is 415 g/mol. The molecule has 0 heterocycles. The van der Waals surface area contributed by atoms with E-state index < -0.39 is 22.2 Å². The van der Waals surface area contributed by atoms with Gasteiger partial charge in [0.25, 0.3) is 5.69 Å². The number of nitro benzene ring substituents is 1. The van der Waals surface area contributed by atoms with Gasteiger partial charge < -0.3 is 15.2 Å². The molecule has 0 spiro atoms. The first-order chi connectivity index (χ1) is 10.3. The van der Waals surface area contributed by atoms with Crippen LogP contribution in [-0.2, 0) is 11.2 Å². The van der Waals surface area contributed by atoms with Gasteiger partial charge in [0, 0.05) is 18.1 Å². The predicted octanol–water partition coefficient (Wildman–Crippen LogP) is 3.79. The average Bonchev–Trinajstić information content (AvgIpc) is 2.28. The summed E-state index contributed by atoms with van der Waals surface area (Å²) in [5.74, 6) is 0.550. The minimum absolute atomic E-state index is 0.0446. The molecule has 1 rings (SSSR count). The lowest BCUT2D eigenvalue weighted by Crippen LogP contribution is -2.33. The molecule has 0 aromatic heterocycles. The molecule has 8 heteroatoms. The molecule has 0 atom stereocenters. The first-order valence-corrected chi connectivity index (χ1v) is 8.03. The Morgan fingerprint density at radius 2 is 1.87 bits per heavy atom. The van der Waals surface area contributed by atoms with Crippen molar-refractivity contribution in [3.05, 3.63) is 31.4 Å². The zero-order valence-electron chi connectivity index (χ0n) is 13.8. The van der Waals surface area contributed by atoms with E-state index in [0.29, 0.717) is 14.9 Å². The van der Waals surface area contributed by atoms with Gasteiger partial charge in [-0.3, -0.25) is 10.1 Å². The quantitative estimate of drug-likeness (QED) is 0.430. The fourth-order valence-electron chi connectivity index (χ4n) is 2.07. The number of nitrogens with zero attached hydrogens (tertiary/aromatic N) is 1. The van der Waals surface area contributed by atoms with Gasteiger partial charge in [-0.05, 0) is 63.3 Å². The van der Waals surface area contributed by atoms with E-state index in [2.05, 4.69) is 0 Å². The molecule has 1 aromatic rings. The summed E-state index contributed by atoms with van der Waals surface area (Å²) in [6.45, 7) is 8.96. The van der Waals surface area contributed by atoms with Crippen molar-refractivity contribution in [2.75, 3.05) is 0 Å². The van der Waals surface area contributed by atoms with Crippen LogP contribution in [-0.4, -0.2) is 22.2 Å². The van der Waals surface area contributed by atoms with Crippen LogP contribution in [0.5, 0.6) is 5.75 Å². The predicted molar refractivity (Wildman–Crippen MR) is 94.6 cm³/mol. The molecule has 0 aliphatic rings. The molecule has 2 N–H and O–H groups in total.